The first kappa shape index (κ1) is 34.0. The van der Waals surface area contributed by atoms with Gasteiger partial charge in [-0.15, -0.1) is 0 Å². The first-order valence-corrected chi connectivity index (χ1v) is 17.8. The summed E-state index contributed by atoms with van der Waals surface area (Å²) in [6, 6.07) is 15.0. The van der Waals surface area contributed by atoms with Crippen molar-refractivity contribution < 1.29 is 27.3 Å². The highest BCUT2D eigenvalue weighted by Gasteiger charge is 2.53. The molecule has 4 aromatic rings. The molecule has 2 aliphatic rings. The number of hydrogen-bond acceptors (Lipinski definition) is 8. The highest BCUT2D eigenvalue weighted by molar-refractivity contribution is 7.94. The number of amides is 2. The van der Waals surface area contributed by atoms with Crippen molar-refractivity contribution in [3.05, 3.63) is 88.7 Å². The smallest absolute Gasteiger partial charge is 0.297 e. The number of aromatic nitrogens is 3. The number of fused-ring (bicyclic) bond motifs is 1. The molecule has 1 atom stereocenters. The second-order valence-corrected chi connectivity index (χ2v) is 15.3. The maximum absolute atomic E-state index is 15.1. The Morgan fingerprint density at radius 2 is 1.84 bits per heavy atom. The summed E-state index contributed by atoms with van der Waals surface area (Å²) in [6.45, 7) is 9.93. The van der Waals surface area contributed by atoms with Crippen molar-refractivity contribution in [3.8, 4) is 6.01 Å². The lowest BCUT2D eigenvalue weighted by atomic mass is 9.81. The molecule has 1 saturated heterocycles. The fourth-order valence-electron chi connectivity index (χ4n) is 6.74. The van der Waals surface area contributed by atoms with Crippen LogP contribution < -0.4 is 14.8 Å². The molecule has 0 radical (unpaired) electrons. The number of carbonyl (C=O) groups is 2. The van der Waals surface area contributed by atoms with E-state index in [-0.39, 0.29) is 37.1 Å². The minimum Gasteiger partial charge on any atom is -0.465 e. The number of carbonyl (C=O) groups excluding carboxylic acids is 2. The van der Waals surface area contributed by atoms with Gasteiger partial charge in [-0.05, 0) is 62.5 Å². The molecule has 1 fully saturated rings. The molecule has 0 spiro atoms. The summed E-state index contributed by atoms with van der Waals surface area (Å²) in [4.78, 5) is 33.1. The summed E-state index contributed by atoms with van der Waals surface area (Å²) in [5.41, 5.74) is 3.50. The molecule has 0 bridgehead atoms. The number of ether oxygens (including phenoxy) is 1. The van der Waals surface area contributed by atoms with Crippen LogP contribution >= 0.6 is 0 Å². The molecule has 12 nitrogen and oxygen atoms in total. The van der Waals surface area contributed by atoms with E-state index in [0.29, 0.717) is 64.6 Å². The van der Waals surface area contributed by atoms with E-state index in [1.807, 2.05) is 73.9 Å². The maximum atomic E-state index is 15.1. The van der Waals surface area contributed by atoms with Gasteiger partial charge in [0.2, 0.25) is 15.9 Å². The Bertz CT molecular complexity index is 2100. The summed E-state index contributed by atoms with van der Waals surface area (Å²) in [7, 11) is -2.78. The predicted molar refractivity (Wildman–Crippen MR) is 188 cm³/mol. The Kier molecular flexibility index (Phi) is 8.91. The number of nitrogens with one attached hydrogen (secondary N) is 2. The van der Waals surface area contributed by atoms with Gasteiger partial charge in [-0.1, -0.05) is 67.6 Å². The van der Waals surface area contributed by atoms with E-state index in [1.165, 1.54) is 0 Å². The van der Waals surface area contributed by atoms with E-state index < -0.39 is 20.2 Å². The normalized spacial score (nSPS) is 19.1. The number of allylic oxidation sites excluding steroid dienone is 3. The van der Waals surface area contributed by atoms with Gasteiger partial charge in [0.05, 0.1) is 23.2 Å². The van der Waals surface area contributed by atoms with E-state index in [1.54, 1.807) is 37.9 Å². The zero-order valence-electron chi connectivity index (χ0n) is 28.7. The lowest BCUT2D eigenvalue weighted by Gasteiger charge is -2.41. The molecule has 6 rings (SSSR count). The highest BCUT2D eigenvalue weighted by atomic mass is 32.2. The summed E-state index contributed by atoms with van der Waals surface area (Å²) < 4.78 is 44.4. The van der Waals surface area contributed by atoms with Crippen molar-refractivity contribution >= 4 is 44.3 Å². The van der Waals surface area contributed by atoms with Crippen LogP contribution in [0.2, 0.25) is 0 Å². The number of para-hydroxylation sites is 1. The Morgan fingerprint density at radius 1 is 1.08 bits per heavy atom. The SMILES string of the molecule is CCOc1nc2cccc(C(=O)NC)c2n1CC1=CC=C(c2ccccc2)C(CN2CCC(C)(C)C2=O)(S(=O)(=O)Nc2noc(C)c2C)C1. The van der Waals surface area contributed by atoms with Crippen LogP contribution in [0.5, 0.6) is 6.01 Å². The van der Waals surface area contributed by atoms with Crippen LogP contribution in [-0.2, 0) is 21.4 Å². The molecule has 1 unspecified atom stereocenters. The first-order chi connectivity index (χ1) is 23.3. The zero-order chi connectivity index (χ0) is 35.1. The number of likely N-dealkylation sites (tertiary alicyclic amines) is 1. The quantitative estimate of drug-likeness (QED) is 0.217. The van der Waals surface area contributed by atoms with Crippen LogP contribution in [0.25, 0.3) is 16.6 Å². The van der Waals surface area contributed by atoms with Gasteiger partial charge in [-0.25, -0.2) is 8.42 Å². The van der Waals surface area contributed by atoms with Crippen molar-refractivity contribution in [1.29, 1.82) is 0 Å². The standard InChI is InChI=1S/C36H42N6O6S/c1-7-47-34-38-29-15-11-14-27(32(43)37-6)30(29)42(34)21-25-16-17-28(26-12-9-8-10-13-26)36(20-25,22-41-19-18-35(4,5)33(41)44)49(45,46)40-31-23(2)24(3)48-39-31/h8-17H,7,18-22H2,1-6H3,(H,37,43)(H,39,40). The molecule has 2 aromatic heterocycles. The largest absolute Gasteiger partial charge is 0.465 e. The van der Waals surface area contributed by atoms with Gasteiger partial charge in [0.1, 0.15) is 10.5 Å². The Balaban J connectivity index is 1.54. The number of aryl methyl sites for hydroxylation is 1. The van der Waals surface area contributed by atoms with Crippen molar-refractivity contribution in [3.63, 3.8) is 0 Å². The molecular weight excluding hydrogens is 644 g/mol. The van der Waals surface area contributed by atoms with Crippen LogP contribution in [0.1, 0.15) is 60.9 Å². The van der Waals surface area contributed by atoms with Crippen LogP contribution in [0, 0.1) is 19.3 Å². The van der Waals surface area contributed by atoms with Gasteiger partial charge in [-0.3, -0.25) is 18.9 Å². The Hall–Kier alpha value is -4.91. The summed E-state index contributed by atoms with van der Waals surface area (Å²) in [5.74, 6) is 0.207. The molecule has 2 N–H and O–H groups in total. The molecule has 1 aliphatic carbocycles. The van der Waals surface area contributed by atoms with Gasteiger partial charge in [0.15, 0.2) is 5.82 Å². The topological polar surface area (TPSA) is 149 Å². The van der Waals surface area contributed by atoms with Crippen molar-refractivity contribution in [2.24, 2.45) is 5.41 Å². The van der Waals surface area contributed by atoms with Crippen molar-refractivity contribution in [2.75, 3.05) is 31.5 Å². The van der Waals surface area contributed by atoms with Crippen molar-refractivity contribution in [1.82, 2.24) is 24.9 Å². The van der Waals surface area contributed by atoms with E-state index in [4.69, 9.17) is 9.26 Å². The monoisotopic (exact) mass is 686 g/mol. The van der Waals surface area contributed by atoms with E-state index in [9.17, 15) is 9.59 Å². The second-order valence-electron chi connectivity index (χ2n) is 13.3. The summed E-state index contributed by atoms with van der Waals surface area (Å²) >= 11 is 0. The number of anilines is 1. The molecular formula is C36H42N6O6S. The molecule has 1 aliphatic heterocycles. The number of imidazole rings is 1. The van der Waals surface area contributed by atoms with Crippen LogP contribution in [0.3, 0.4) is 0 Å². The second kappa shape index (κ2) is 12.8. The number of nitrogens with zero attached hydrogens (tertiary/aromatic N) is 4. The van der Waals surface area contributed by atoms with Crippen LogP contribution in [-0.4, -0.2) is 71.3 Å². The fraction of sp³-hybridized carbons (Fsp3) is 0.389. The Labute approximate surface area is 286 Å². The molecule has 2 amide bonds. The zero-order valence-corrected chi connectivity index (χ0v) is 29.5. The third kappa shape index (κ3) is 6.00. The van der Waals surface area contributed by atoms with E-state index in [0.717, 1.165) is 5.57 Å². The van der Waals surface area contributed by atoms with Crippen LogP contribution in [0.15, 0.2) is 70.8 Å². The predicted octanol–water partition coefficient (Wildman–Crippen LogP) is 5.25. The average Bonchev–Trinajstić information content (AvgIpc) is 3.68. The minimum atomic E-state index is -4.35. The van der Waals surface area contributed by atoms with E-state index >= 15 is 8.42 Å². The lowest BCUT2D eigenvalue weighted by Crippen LogP contribution is -2.54. The summed E-state index contributed by atoms with van der Waals surface area (Å²) in [5, 5.41) is 6.73. The average molecular weight is 687 g/mol. The summed E-state index contributed by atoms with van der Waals surface area (Å²) in [6.07, 6.45) is 4.38. The molecule has 258 valence electrons. The molecule has 0 saturated carbocycles. The number of rotatable bonds is 11. The molecule has 2 aromatic carbocycles. The lowest BCUT2D eigenvalue weighted by molar-refractivity contribution is -0.134. The fourth-order valence-corrected chi connectivity index (χ4v) is 8.56. The number of hydrogen-bond donors (Lipinski definition) is 2. The van der Waals surface area contributed by atoms with Crippen molar-refractivity contribution in [2.45, 2.75) is 58.8 Å². The maximum Gasteiger partial charge on any atom is 0.297 e. The third-order valence-corrected chi connectivity index (χ3v) is 11.6. The Morgan fingerprint density at radius 3 is 2.47 bits per heavy atom. The van der Waals surface area contributed by atoms with Gasteiger partial charge in [0, 0.05) is 37.7 Å². The van der Waals surface area contributed by atoms with Gasteiger partial charge < -0.3 is 19.5 Å². The minimum absolute atomic E-state index is 0.0243. The molecule has 13 heteroatoms. The third-order valence-electron chi connectivity index (χ3n) is 9.63. The van der Waals surface area contributed by atoms with Crippen LogP contribution in [0.4, 0.5) is 5.82 Å². The molecule has 49 heavy (non-hydrogen) atoms. The highest BCUT2D eigenvalue weighted by Crippen LogP contribution is 2.46. The van der Waals surface area contributed by atoms with Gasteiger partial charge in [0.25, 0.3) is 11.9 Å². The van der Waals surface area contributed by atoms with Gasteiger partial charge >= 0.3 is 0 Å². The van der Waals surface area contributed by atoms with Gasteiger partial charge in [-0.2, -0.15) is 4.98 Å². The first-order valence-electron chi connectivity index (χ1n) is 16.4. The number of sulfonamides is 1. The van der Waals surface area contributed by atoms with E-state index in [2.05, 4.69) is 20.2 Å². The molecule has 3 heterocycles. The number of benzene rings is 2.